The van der Waals surface area contributed by atoms with Crippen LogP contribution in [0.2, 0.25) is 0 Å². The van der Waals surface area contributed by atoms with Crippen molar-refractivity contribution in [1.82, 2.24) is 4.98 Å². The van der Waals surface area contributed by atoms with Crippen molar-refractivity contribution in [2.45, 2.75) is 13.3 Å². The molecule has 8 heteroatoms. The smallest absolute Gasteiger partial charge is 0.358 e. The molecule has 0 radical (unpaired) electrons. The molecule has 0 atom stereocenters. The van der Waals surface area contributed by atoms with Gasteiger partial charge >= 0.3 is 11.9 Å². The summed E-state index contributed by atoms with van der Waals surface area (Å²) in [5.74, 6) is -3.06. The highest BCUT2D eigenvalue weighted by Gasteiger charge is 2.18. The van der Waals surface area contributed by atoms with Crippen LogP contribution >= 0.6 is 0 Å². The quantitative estimate of drug-likeness (QED) is 0.637. The van der Waals surface area contributed by atoms with E-state index in [-0.39, 0.29) is 18.0 Å². The van der Waals surface area contributed by atoms with Gasteiger partial charge in [0.1, 0.15) is 12.2 Å². The van der Waals surface area contributed by atoms with Gasteiger partial charge in [0.2, 0.25) is 5.91 Å². The van der Waals surface area contributed by atoms with Crippen molar-refractivity contribution >= 4 is 23.5 Å². The third-order valence-electron chi connectivity index (χ3n) is 2.12. The summed E-state index contributed by atoms with van der Waals surface area (Å²) in [6, 6.07) is 0.905. The van der Waals surface area contributed by atoms with E-state index in [0.29, 0.717) is 0 Å². The molecular weight excluding hydrogens is 271 g/mol. The topological polar surface area (TPSA) is 94.6 Å². The Kier molecular flexibility index (Phi) is 5.57. The first-order valence-electron chi connectivity index (χ1n) is 5.67. The van der Waals surface area contributed by atoms with Crippen LogP contribution in [0.15, 0.2) is 12.3 Å². The van der Waals surface area contributed by atoms with Crippen molar-refractivity contribution in [2.24, 2.45) is 0 Å². The van der Waals surface area contributed by atoms with Crippen molar-refractivity contribution in [1.29, 1.82) is 0 Å². The van der Waals surface area contributed by atoms with Crippen molar-refractivity contribution in [3.8, 4) is 0 Å². The molecular formula is C12H13FN2O5. The largest absolute Gasteiger partial charge is 0.466 e. The van der Waals surface area contributed by atoms with E-state index in [2.05, 4.69) is 19.8 Å². The fraction of sp³-hybridized carbons (Fsp3) is 0.333. The van der Waals surface area contributed by atoms with Gasteiger partial charge in [0.15, 0.2) is 5.69 Å². The molecule has 108 valence electrons. The number of carbonyl (C=O) groups excluding carboxylic acids is 3. The van der Waals surface area contributed by atoms with Crippen LogP contribution in [0.4, 0.5) is 10.1 Å². The van der Waals surface area contributed by atoms with Gasteiger partial charge in [-0.05, 0) is 6.92 Å². The highest BCUT2D eigenvalue weighted by atomic mass is 19.1. The fourth-order valence-corrected chi connectivity index (χ4v) is 1.33. The number of carbonyl (C=O) groups is 3. The summed E-state index contributed by atoms with van der Waals surface area (Å²) in [5.41, 5.74) is -0.433. The van der Waals surface area contributed by atoms with E-state index in [1.165, 1.54) is 0 Å². The number of pyridine rings is 1. The average molecular weight is 284 g/mol. The molecule has 7 nitrogen and oxygen atoms in total. The number of methoxy groups -OCH3 is 1. The van der Waals surface area contributed by atoms with Gasteiger partial charge in [-0.1, -0.05) is 0 Å². The molecule has 1 aromatic heterocycles. The van der Waals surface area contributed by atoms with Crippen LogP contribution in [0.25, 0.3) is 0 Å². The number of ether oxygens (including phenoxy) is 2. The lowest BCUT2D eigenvalue weighted by Crippen LogP contribution is -2.20. The molecule has 0 saturated carbocycles. The molecule has 1 N–H and O–H groups in total. The van der Waals surface area contributed by atoms with Gasteiger partial charge in [0, 0.05) is 6.07 Å². The highest BCUT2D eigenvalue weighted by Crippen LogP contribution is 2.15. The second kappa shape index (κ2) is 7.17. The molecule has 0 fully saturated rings. The van der Waals surface area contributed by atoms with E-state index in [0.717, 1.165) is 19.4 Å². The normalized spacial score (nSPS) is 9.75. The Balaban J connectivity index is 2.85. The summed E-state index contributed by atoms with van der Waals surface area (Å²) in [6.07, 6.45) is 0.262. The van der Waals surface area contributed by atoms with Crippen LogP contribution in [0.1, 0.15) is 23.8 Å². The number of anilines is 1. The van der Waals surface area contributed by atoms with Crippen LogP contribution in [0.5, 0.6) is 0 Å². The van der Waals surface area contributed by atoms with E-state index < -0.39 is 30.1 Å². The monoisotopic (exact) mass is 284 g/mol. The first-order chi connectivity index (χ1) is 9.47. The van der Waals surface area contributed by atoms with E-state index in [9.17, 15) is 18.8 Å². The number of esters is 2. The second-order valence-corrected chi connectivity index (χ2v) is 3.57. The molecule has 0 spiro atoms. The third kappa shape index (κ3) is 4.30. The van der Waals surface area contributed by atoms with Gasteiger partial charge in [0.25, 0.3) is 0 Å². The molecule has 1 heterocycles. The predicted molar refractivity (Wildman–Crippen MR) is 65.4 cm³/mol. The van der Waals surface area contributed by atoms with Crippen LogP contribution in [-0.2, 0) is 19.1 Å². The molecule has 0 unspecified atom stereocenters. The third-order valence-corrected chi connectivity index (χ3v) is 2.12. The summed E-state index contributed by atoms with van der Waals surface area (Å²) in [4.78, 5) is 37.6. The van der Waals surface area contributed by atoms with E-state index >= 15 is 0 Å². The number of hydrogen-bond donors (Lipinski definition) is 1. The van der Waals surface area contributed by atoms with Gasteiger partial charge in [-0.25, -0.2) is 14.2 Å². The SMILES string of the molecule is CCOC(=O)CC(=O)Nc1cc(F)cnc1C(=O)OC. The van der Waals surface area contributed by atoms with Crippen LogP contribution < -0.4 is 5.32 Å². The minimum atomic E-state index is -0.837. The van der Waals surface area contributed by atoms with Crippen LogP contribution in [-0.4, -0.2) is 36.5 Å². The standard InChI is InChI=1S/C12H13FN2O5/c1-3-20-10(17)5-9(16)15-8-4-7(13)6-14-11(8)12(18)19-2/h4,6H,3,5H2,1-2H3,(H,15,16). The molecule has 0 aliphatic carbocycles. The van der Waals surface area contributed by atoms with Gasteiger partial charge < -0.3 is 14.8 Å². The number of rotatable bonds is 5. The Morgan fingerprint density at radius 1 is 1.40 bits per heavy atom. The summed E-state index contributed by atoms with van der Waals surface area (Å²) in [7, 11) is 1.12. The molecule has 0 saturated heterocycles. The predicted octanol–water partition coefficient (Wildman–Crippen LogP) is 0.899. The summed E-state index contributed by atoms with van der Waals surface area (Å²) in [6.45, 7) is 1.74. The fourth-order valence-electron chi connectivity index (χ4n) is 1.33. The summed E-state index contributed by atoms with van der Waals surface area (Å²) >= 11 is 0. The average Bonchev–Trinajstić information content (AvgIpc) is 2.38. The molecule has 0 aliphatic rings. The number of nitrogens with zero attached hydrogens (tertiary/aromatic N) is 1. The Morgan fingerprint density at radius 2 is 2.10 bits per heavy atom. The number of halogens is 1. The Morgan fingerprint density at radius 3 is 2.70 bits per heavy atom. The number of aromatic nitrogens is 1. The van der Waals surface area contributed by atoms with Crippen molar-refractivity contribution in [3.63, 3.8) is 0 Å². The highest BCUT2D eigenvalue weighted by molar-refractivity contribution is 6.05. The Bertz CT molecular complexity index is 533. The molecule has 0 aromatic carbocycles. The van der Waals surface area contributed by atoms with Gasteiger partial charge in [-0.2, -0.15) is 0 Å². The first-order valence-corrected chi connectivity index (χ1v) is 5.67. The zero-order valence-electron chi connectivity index (χ0n) is 10.9. The maximum atomic E-state index is 13.1. The lowest BCUT2D eigenvalue weighted by Gasteiger charge is -2.08. The molecule has 0 aliphatic heterocycles. The van der Waals surface area contributed by atoms with Gasteiger partial charge in [-0.3, -0.25) is 9.59 Å². The van der Waals surface area contributed by atoms with Crippen LogP contribution in [0.3, 0.4) is 0 Å². The zero-order valence-corrected chi connectivity index (χ0v) is 10.9. The maximum Gasteiger partial charge on any atom is 0.358 e. The lowest BCUT2D eigenvalue weighted by molar-refractivity contribution is -0.145. The van der Waals surface area contributed by atoms with Crippen molar-refractivity contribution < 1.29 is 28.2 Å². The maximum absolute atomic E-state index is 13.1. The second-order valence-electron chi connectivity index (χ2n) is 3.57. The number of nitrogens with one attached hydrogen (secondary N) is 1. The van der Waals surface area contributed by atoms with E-state index in [4.69, 9.17) is 0 Å². The number of amides is 1. The zero-order chi connectivity index (χ0) is 15.1. The van der Waals surface area contributed by atoms with Gasteiger partial charge in [0.05, 0.1) is 25.6 Å². The summed E-state index contributed by atoms with van der Waals surface area (Å²) < 4.78 is 22.1. The molecule has 1 aromatic rings. The van der Waals surface area contributed by atoms with Crippen molar-refractivity contribution in [3.05, 3.63) is 23.8 Å². The van der Waals surface area contributed by atoms with Crippen LogP contribution in [0, 0.1) is 5.82 Å². The van der Waals surface area contributed by atoms with E-state index in [1.807, 2.05) is 0 Å². The first kappa shape index (κ1) is 15.5. The molecule has 1 amide bonds. The molecule has 0 bridgehead atoms. The minimum Gasteiger partial charge on any atom is -0.466 e. The number of hydrogen-bond acceptors (Lipinski definition) is 6. The molecule has 1 rings (SSSR count). The van der Waals surface area contributed by atoms with Crippen molar-refractivity contribution in [2.75, 3.05) is 19.0 Å². The summed E-state index contributed by atoms with van der Waals surface area (Å²) in [5, 5.41) is 2.21. The van der Waals surface area contributed by atoms with Gasteiger partial charge in [-0.15, -0.1) is 0 Å². The minimum absolute atomic E-state index is 0.140. The lowest BCUT2D eigenvalue weighted by atomic mass is 10.2. The Hall–Kier alpha value is -2.51. The van der Waals surface area contributed by atoms with E-state index in [1.54, 1.807) is 6.92 Å². The Labute approximate surface area is 114 Å². The molecule has 20 heavy (non-hydrogen) atoms.